The third kappa shape index (κ3) is 1.23. The monoisotopic (exact) mass is 210 g/mol. The largest absolute Gasteiger partial charge is 0.313 e. The van der Waals surface area contributed by atoms with Gasteiger partial charge in [0.25, 0.3) is 0 Å². The van der Waals surface area contributed by atoms with E-state index < -0.39 is 0 Å². The lowest BCUT2D eigenvalue weighted by molar-refractivity contribution is 0.600. The van der Waals surface area contributed by atoms with Gasteiger partial charge < -0.3 is 4.31 Å². The van der Waals surface area contributed by atoms with E-state index in [0.29, 0.717) is 0 Å². The number of anilines is 1. The smallest absolute Gasteiger partial charge is 0.0911 e. The van der Waals surface area contributed by atoms with Crippen LogP contribution in [-0.2, 0) is 13.2 Å². The van der Waals surface area contributed by atoms with Crippen LogP contribution in [-0.4, -0.2) is 22.1 Å². The van der Waals surface area contributed by atoms with Crippen molar-refractivity contribution in [2.24, 2.45) is 5.92 Å². The minimum absolute atomic E-state index is 0.796. The van der Waals surface area contributed by atoms with Crippen LogP contribution in [0.15, 0.2) is 6.20 Å². The quantitative estimate of drug-likeness (QED) is 0.702. The van der Waals surface area contributed by atoms with Crippen LogP contribution in [0.3, 0.4) is 0 Å². The molecule has 1 aromatic rings. The zero-order valence-electron chi connectivity index (χ0n) is 8.23. The molecule has 3 heterocycles. The Hall–Kier alpha value is -0.680. The molecule has 76 valence electrons. The molecule has 5 heteroatoms. The van der Waals surface area contributed by atoms with E-state index in [0.717, 1.165) is 25.7 Å². The first-order valence-electron chi connectivity index (χ1n) is 5.00. The number of nitrogens with zero attached hydrogens (tertiary/aromatic N) is 3. The zero-order valence-corrected chi connectivity index (χ0v) is 9.05. The van der Waals surface area contributed by atoms with Gasteiger partial charge in [-0.1, -0.05) is 6.92 Å². The van der Waals surface area contributed by atoms with Crippen molar-refractivity contribution in [2.75, 3.05) is 16.6 Å². The first-order valence-corrected chi connectivity index (χ1v) is 5.94. The SMILES string of the molecule is CC1CSN(c2cnn3c2CNC3)C1. The maximum Gasteiger partial charge on any atom is 0.0911 e. The second-order valence-electron chi connectivity index (χ2n) is 4.02. The minimum Gasteiger partial charge on any atom is -0.313 e. The molecule has 2 aliphatic rings. The third-order valence-electron chi connectivity index (χ3n) is 2.74. The van der Waals surface area contributed by atoms with E-state index in [-0.39, 0.29) is 0 Å². The molecule has 1 atom stereocenters. The van der Waals surface area contributed by atoms with Gasteiger partial charge in [0.15, 0.2) is 0 Å². The zero-order chi connectivity index (χ0) is 9.54. The maximum atomic E-state index is 4.37. The van der Waals surface area contributed by atoms with Crippen LogP contribution in [0.1, 0.15) is 12.6 Å². The summed E-state index contributed by atoms with van der Waals surface area (Å²) in [6, 6.07) is 0. The van der Waals surface area contributed by atoms with Crippen LogP contribution < -0.4 is 9.62 Å². The van der Waals surface area contributed by atoms with Gasteiger partial charge >= 0.3 is 0 Å². The lowest BCUT2D eigenvalue weighted by Crippen LogP contribution is -2.13. The highest BCUT2D eigenvalue weighted by Gasteiger charge is 2.26. The van der Waals surface area contributed by atoms with Crippen molar-refractivity contribution in [3.8, 4) is 0 Å². The summed E-state index contributed by atoms with van der Waals surface area (Å²) in [4.78, 5) is 0. The van der Waals surface area contributed by atoms with E-state index in [4.69, 9.17) is 0 Å². The molecule has 2 aliphatic heterocycles. The number of rotatable bonds is 1. The first kappa shape index (κ1) is 8.61. The molecular weight excluding hydrogens is 196 g/mol. The van der Waals surface area contributed by atoms with Gasteiger partial charge in [0.1, 0.15) is 0 Å². The normalized spacial score (nSPS) is 25.8. The van der Waals surface area contributed by atoms with E-state index >= 15 is 0 Å². The maximum absolute atomic E-state index is 4.37. The first-order chi connectivity index (χ1) is 6.84. The summed E-state index contributed by atoms with van der Waals surface area (Å²) in [7, 11) is 0. The molecule has 1 unspecified atom stereocenters. The Bertz CT molecular complexity index is 349. The van der Waals surface area contributed by atoms with E-state index in [9.17, 15) is 0 Å². The minimum atomic E-state index is 0.796. The molecule has 0 bridgehead atoms. The van der Waals surface area contributed by atoms with E-state index in [2.05, 4.69) is 26.3 Å². The van der Waals surface area contributed by atoms with Crippen LogP contribution in [0.4, 0.5) is 5.69 Å². The molecule has 4 nitrogen and oxygen atoms in total. The lowest BCUT2D eigenvalue weighted by Gasteiger charge is -2.15. The Balaban J connectivity index is 1.89. The molecule has 0 spiro atoms. The number of aromatic nitrogens is 2. The topological polar surface area (TPSA) is 33.1 Å². The van der Waals surface area contributed by atoms with Crippen molar-refractivity contribution >= 4 is 17.6 Å². The average Bonchev–Trinajstić information content (AvgIpc) is 2.77. The van der Waals surface area contributed by atoms with Crippen molar-refractivity contribution in [2.45, 2.75) is 20.1 Å². The molecule has 1 N–H and O–H groups in total. The fourth-order valence-corrected chi connectivity index (χ4v) is 3.17. The van der Waals surface area contributed by atoms with Gasteiger partial charge in [0.05, 0.1) is 24.2 Å². The van der Waals surface area contributed by atoms with Crippen molar-refractivity contribution in [1.82, 2.24) is 15.1 Å². The lowest BCUT2D eigenvalue weighted by atomic mass is 10.2. The van der Waals surface area contributed by atoms with Gasteiger partial charge in [0.2, 0.25) is 0 Å². The Morgan fingerprint density at radius 1 is 1.64 bits per heavy atom. The average molecular weight is 210 g/mol. The summed E-state index contributed by atoms with van der Waals surface area (Å²) in [6.45, 7) is 5.28. The van der Waals surface area contributed by atoms with Crippen molar-refractivity contribution < 1.29 is 0 Å². The van der Waals surface area contributed by atoms with Crippen molar-refractivity contribution in [3.63, 3.8) is 0 Å². The summed E-state index contributed by atoms with van der Waals surface area (Å²) < 4.78 is 4.44. The molecule has 0 aliphatic carbocycles. The molecule has 0 amide bonds. The fourth-order valence-electron chi connectivity index (χ4n) is 1.98. The molecule has 14 heavy (non-hydrogen) atoms. The van der Waals surface area contributed by atoms with Crippen molar-refractivity contribution in [1.29, 1.82) is 0 Å². The molecular formula is C9H14N4S. The summed E-state index contributed by atoms with van der Waals surface area (Å²) >= 11 is 1.93. The highest BCUT2D eigenvalue weighted by molar-refractivity contribution is 8.00. The molecule has 1 saturated heterocycles. The number of hydrogen-bond donors (Lipinski definition) is 1. The van der Waals surface area contributed by atoms with Crippen LogP contribution in [0.25, 0.3) is 0 Å². The second kappa shape index (κ2) is 3.17. The molecule has 0 radical (unpaired) electrons. The van der Waals surface area contributed by atoms with Crippen LogP contribution in [0.5, 0.6) is 0 Å². The van der Waals surface area contributed by atoms with E-state index in [1.165, 1.54) is 17.1 Å². The van der Waals surface area contributed by atoms with Gasteiger partial charge in [-0.15, -0.1) is 0 Å². The number of fused-ring (bicyclic) bond motifs is 1. The Morgan fingerprint density at radius 3 is 3.36 bits per heavy atom. The predicted octanol–water partition coefficient (Wildman–Crippen LogP) is 1.05. The molecule has 0 aromatic carbocycles. The molecule has 1 fully saturated rings. The number of hydrogen-bond acceptors (Lipinski definition) is 4. The van der Waals surface area contributed by atoms with Crippen LogP contribution in [0.2, 0.25) is 0 Å². The van der Waals surface area contributed by atoms with Crippen molar-refractivity contribution in [3.05, 3.63) is 11.9 Å². The summed E-state index contributed by atoms with van der Waals surface area (Å²) in [6.07, 6.45) is 2.00. The molecule has 3 rings (SSSR count). The highest BCUT2D eigenvalue weighted by atomic mass is 32.2. The number of nitrogens with one attached hydrogen (secondary N) is 1. The van der Waals surface area contributed by atoms with Gasteiger partial charge in [-0.25, -0.2) is 0 Å². The Kier molecular flexibility index (Phi) is 1.95. The van der Waals surface area contributed by atoms with Crippen LogP contribution in [0, 0.1) is 5.92 Å². The van der Waals surface area contributed by atoms with E-state index in [1.54, 1.807) is 0 Å². The van der Waals surface area contributed by atoms with Crippen LogP contribution >= 0.6 is 11.9 Å². The summed E-state index contributed by atoms with van der Waals surface area (Å²) in [5.41, 5.74) is 2.65. The highest BCUT2D eigenvalue weighted by Crippen LogP contribution is 2.34. The standard InChI is InChI=1S/C9H14N4S/c1-7-4-13(14-5-7)9-3-11-12-6-10-2-8(9)12/h3,7,10H,2,4-6H2,1H3. The molecule has 1 aromatic heterocycles. The molecule has 0 saturated carbocycles. The van der Waals surface area contributed by atoms with Gasteiger partial charge in [0, 0.05) is 18.8 Å². The fraction of sp³-hybridized carbons (Fsp3) is 0.667. The van der Waals surface area contributed by atoms with Gasteiger partial charge in [-0.3, -0.25) is 10.00 Å². The summed E-state index contributed by atoms with van der Waals surface area (Å²) in [5, 5.41) is 7.67. The van der Waals surface area contributed by atoms with Gasteiger partial charge in [-0.05, 0) is 17.9 Å². The Labute approximate surface area is 87.8 Å². The Morgan fingerprint density at radius 2 is 2.57 bits per heavy atom. The van der Waals surface area contributed by atoms with Gasteiger partial charge in [-0.2, -0.15) is 5.10 Å². The second-order valence-corrected chi connectivity index (χ2v) is 5.06. The van der Waals surface area contributed by atoms with E-state index in [1.807, 2.05) is 18.1 Å². The predicted molar refractivity (Wildman–Crippen MR) is 58.0 cm³/mol. The third-order valence-corrected chi connectivity index (χ3v) is 4.12. The summed E-state index contributed by atoms with van der Waals surface area (Å²) in [5.74, 6) is 2.03.